The highest BCUT2D eigenvalue weighted by Gasteiger charge is 2.51. The summed E-state index contributed by atoms with van der Waals surface area (Å²) in [5.74, 6) is 0. The normalized spacial score (nSPS) is 23.2. The van der Waals surface area contributed by atoms with Gasteiger partial charge in [-0.05, 0) is 34.2 Å². The van der Waals surface area contributed by atoms with Gasteiger partial charge in [-0.3, -0.25) is 0 Å². The highest BCUT2D eigenvalue weighted by atomic mass is 79.9. The van der Waals surface area contributed by atoms with Gasteiger partial charge in [0.25, 0.3) is 0 Å². The lowest BCUT2D eigenvalue weighted by molar-refractivity contribution is -0.124. The molecule has 0 aliphatic heterocycles. The van der Waals surface area contributed by atoms with E-state index in [2.05, 4.69) is 40.1 Å². The molecule has 1 aromatic heterocycles. The summed E-state index contributed by atoms with van der Waals surface area (Å²) in [6.07, 6.45) is 1.53. The highest BCUT2D eigenvalue weighted by Crippen LogP contribution is 2.54. The zero-order valence-electron chi connectivity index (χ0n) is 8.58. The van der Waals surface area contributed by atoms with Crippen LogP contribution in [0.5, 0.6) is 0 Å². The van der Waals surface area contributed by atoms with Crippen molar-refractivity contribution in [2.45, 2.75) is 32.3 Å². The third-order valence-electron chi connectivity index (χ3n) is 2.77. The SMILES string of the molecule is Cn1nnc(Br)c1C1(O)CC(C)(C)C1. The average molecular weight is 260 g/mol. The average Bonchev–Trinajstić information content (AvgIpc) is 2.26. The van der Waals surface area contributed by atoms with Crippen LogP contribution in [0.3, 0.4) is 0 Å². The fraction of sp³-hybridized carbons (Fsp3) is 0.778. The molecule has 0 spiro atoms. The van der Waals surface area contributed by atoms with Crippen molar-refractivity contribution in [1.29, 1.82) is 0 Å². The highest BCUT2D eigenvalue weighted by molar-refractivity contribution is 9.10. The van der Waals surface area contributed by atoms with Crippen LogP contribution in [0, 0.1) is 5.41 Å². The summed E-state index contributed by atoms with van der Waals surface area (Å²) < 4.78 is 2.29. The molecule has 1 fully saturated rings. The number of hydrogen-bond donors (Lipinski definition) is 1. The molecule has 1 N–H and O–H groups in total. The molecular weight excluding hydrogens is 246 g/mol. The van der Waals surface area contributed by atoms with Crippen LogP contribution in [0.2, 0.25) is 0 Å². The Bertz CT molecular complexity index is 345. The summed E-state index contributed by atoms with van der Waals surface area (Å²) in [7, 11) is 1.80. The van der Waals surface area contributed by atoms with Crippen LogP contribution < -0.4 is 0 Å². The Hall–Kier alpha value is -0.420. The van der Waals surface area contributed by atoms with Crippen molar-refractivity contribution in [1.82, 2.24) is 15.0 Å². The quantitative estimate of drug-likeness (QED) is 0.834. The maximum atomic E-state index is 10.3. The topological polar surface area (TPSA) is 50.9 Å². The van der Waals surface area contributed by atoms with Gasteiger partial charge in [0.2, 0.25) is 0 Å². The van der Waals surface area contributed by atoms with Crippen molar-refractivity contribution in [3.63, 3.8) is 0 Å². The van der Waals surface area contributed by atoms with Gasteiger partial charge in [0, 0.05) is 7.05 Å². The van der Waals surface area contributed by atoms with Crippen LogP contribution >= 0.6 is 15.9 Å². The predicted molar refractivity (Wildman–Crippen MR) is 55.6 cm³/mol. The van der Waals surface area contributed by atoms with Crippen LogP contribution in [0.1, 0.15) is 32.4 Å². The maximum absolute atomic E-state index is 10.3. The van der Waals surface area contributed by atoms with E-state index in [0.717, 1.165) is 18.5 Å². The second-order valence-electron chi connectivity index (χ2n) is 4.90. The molecule has 5 heteroatoms. The number of aromatic nitrogens is 3. The summed E-state index contributed by atoms with van der Waals surface area (Å²) in [6.45, 7) is 4.30. The summed E-state index contributed by atoms with van der Waals surface area (Å²) in [5, 5.41) is 18.1. The van der Waals surface area contributed by atoms with E-state index in [1.54, 1.807) is 11.7 Å². The molecule has 1 aromatic rings. The van der Waals surface area contributed by atoms with Gasteiger partial charge in [-0.2, -0.15) is 0 Å². The predicted octanol–water partition coefficient (Wildman–Crippen LogP) is 1.59. The number of rotatable bonds is 1. The van der Waals surface area contributed by atoms with E-state index in [0.29, 0.717) is 4.60 Å². The molecule has 0 aromatic carbocycles. The third-order valence-corrected chi connectivity index (χ3v) is 3.30. The minimum absolute atomic E-state index is 0.221. The first-order valence-corrected chi connectivity index (χ1v) is 5.41. The van der Waals surface area contributed by atoms with Crippen molar-refractivity contribution in [2.24, 2.45) is 12.5 Å². The molecule has 0 amide bonds. The lowest BCUT2D eigenvalue weighted by Gasteiger charge is -2.49. The smallest absolute Gasteiger partial charge is 0.154 e. The molecular formula is C9H14BrN3O. The van der Waals surface area contributed by atoms with Crippen LogP contribution in [0.15, 0.2) is 4.60 Å². The van der Waals surface area contributed by atoms with Crippen molar-refractivity contribution in [3.05, 3.63) is 10.3 Å². The molecule has 0 saturated heterocycles. The molecule has 14 heavy (non-hydrogen) atoms. The van der Waals surface area contributed by atoms with E-state index in [4.69, 9.17) is 0 Å². The Morgan fingerprint density at radius 2 is 2.00 bits per heavy atom. The van der Waals surface area contributed by atoms with Gasteiger partial charge >= 0.3 is 0 Å². The standard InChI is InChI=1S/C9H14BrN3O/c1-8(2)4-9(14,5-8)6-7(10)11-12-13(6)3/h14H,4-5H2,1-3H3. The van der Waals surface area contributed by atoms with Gasteiger partial charge < -0.3 is 5.11 Å². The zero-order chi connectivity index (χ0) is 10.6. The van der Waals surface area contributed by atoms with Gasteiger partial charge in [-0.1, -0.05) is 19.1 Å². The number of hydrogen-bond acceptors (Lipinski definition) is 3. The van der Waals surface area contributed by atoms with E-state index in [9.17, 15) is 5.11 Å². The lowest BCUT2D eigenvalue weighted by atomic mass is 9.60. The molecule has 4 nitrogen and oxygen atoms in total. The summed E-state index contributed by atoms with van der Waals surface area (Å²) in [6, 6.07) is 0. The zero-order valence-corrected chi connectivity index (χ0v) is 10.2. The van der Waals surface area contributed by atoms with Gasteiger partial charge in [0.05, 0.1) is 0 Å². The molecule has 1 aliphatic rings. The van der Waals surface area contributed by atoms with Crippen molar-refractivity contribution < 1.29 is 5.11 Å². The van der Waals surface area contributed by atoms with Crippen LogP contribution in [-0.2, 0) is 12.6 Å². The fourth-order valence-corrected chi connectivity index (χ4v) is 3.22. The summed E-state index contributed by atoms with van der Waals surface area (Å²) in [5.41, 5.74) is 0.260. The minimum Gasteiger partial charge on any atom is -0.383 e. The van der Waals surface area contributed by atoms with Crippen molar-refractivity contribution in [2.75, 3.05) is 0 Å². The second kappa shape index (κ2) is 2.79. The number of aryl methyl sites for hydroxylation is 1. The first kappa shape index (κ1) is 10.1. The third kappa shape index (κ3) is 1.39. The minimum atomic E-state index is -0.749. The Morgan fingerprint density at radius 3 is 2.36 bits per heavy atom. The van der Waals surface area contributed by atoms with Crippen LogP contribution in [0.4, 0.5) is 0 Å². The van der Waals surface area contributed by atoms with E-state index < -0.39 is 5.60 Å². The van der Waals surface area contributed by atoms with E-state index in [-0.39, 0.29) is 5.41 Å². The van der Waals surface area contributed by atoms with Gasteiger partial charge in [-0.15, -0.1) is 5.10 Å². The van der Waals surface area contributed by atoms with E-state index >= 15 is 0 Å². The second-order valence-corrected chi connectivity index (χ2v) is 5.65. The molecule has 1 heterocycles. The lowest BCUT2D eigenvalue weighted by Crippen LogP contribution is -2.47. The molecule has 0 bridgehead atoms. The largest absolute Gasteiger partial charge is 0.383 e. The van der Waals surface area contributed by atoms with Gasteiger partial charge in [-0.25, -0.2) is 4.68 Å². The van der Waals surface area contributed by atoms with Crippen molar-refractivity contribution >= 4 is 15.9 Å². The molecule has 1 saturated carbocycles. The van der Waals surface area contributed by atoms with E-state index in [1.165, 1.54) is 0 Å². The van der Waals surface area contributed by atoms with Gasteiger partial charge in [0.1, 0.15) is 11.3 Å². The first-order chi connectivity index (χ1) is 6.34. The maximum Gasteiger partial charge on any atom is 0.154 e. The van der Waals surface area contributed by atoms with E-state index in [1.807, 2.05) is 0 Å². The molecule has 0 radical (unpaired) electrons. The molecule has 78 valence electrons. The molecule has 0 atom stereocenters. The molecule has 0 unspecified atom stereocenters. The number of halogens is 1. The summed E-state index contributed by atoms with van der Waals surface area (Å²) >= 11 is 3.31. The fourth-order valence-electron chi connectivity index (χ4n) is 2.52. The Morgan fingerprint density at radius 1 is 1.43 bits per heavy atom. The van der Waals surface area contributed by atoms with Crippen molar-refractivity contribution in [3.8, 4) is 0 Å². The molecule has 2 rings (SSSR count). The molecule has 1 aliphatic carbocycles. The number of nitrogens with zero attached hydrogens (tertiary/aromatic N) is 3. The van der Waals surface area contributed by atoms with Gasteiger partial charge in [0.15, 0.2) is 4.60 Å². The Labute approximate surface area is 91.4 Å². The monoisotopic (exact) mass is 259 g/mol. The Kier molecular flexibility index (Phi) is 2.02. The van der Waals surface area contributed by atoms with Crippen LogP contribution in [0.25, 0.3) is 0 Å². The first-order valence-electron chi connectivity index (χ1n) is 4.62. The van der Waals surface area contributed by atoms with Crippen LogP contribution in [-0.4, -0.2) is 20.1 Å². The Balaban J connectivity index is 2.33. The number of aliphatic hydroxyl groups is 1. The summed E-state index contributed by atoms with van der Waals surface area (Å²) in [4.78, 5) is 0.